The van der Waals surface area contributed by atoms with Crippen LogP contribution >= 0.6 is 0 Å². The third-order valence-electron chi connectivity index (χ3n) is 2.85. The summed E-state index contributed by atoms with van der Waals surface area (Å²) in [4.78, 5) is 13.3. The van der Waals surface area contributed by atoms with Crippen molar-refractivity contribution in [2.24, 2.45) is 5.73 Å². The molecule has 1 amide bonds. The van der Waals surface area contributed by atoms with Crippen LogP contribution in [0.3, 0.4) is 0 Å². The largest absolute Gasteiger partial charge is 0.366 e. The van der Waals surface area contributed by atoms with E-state index in [9.17, 15) is 4.79 Å². The van der Waals surface area contributed by atoms with Crippen molar-refractivity contribution in [3.05, 3.63) is 11.6 Å². The SMILES string of the molecule is CC(=CC(C)N1CCCCC1)C(N)=O. The van der Waals surface area contributed by atoms with E-state index in [1.165, 1.54) is 19.3 Å². The van der Waals surface area contributed by atoms with Crippen molar-refractivity contribution in [1.82, 2.24) is 4.90 Å². The minimum absolute atomic E-state index is 0.311. The van der Waals surface area contributed by atoms with E-state index in [0.717, 1.165) is 13.1 Å². The topological polar surface area (TPSA) is 46.3 Å². The summed E-state index contributed by atoms with van der Waals surface area (Å²) in [6, 6.07) is 0.336. The Labute approximate surface area is 86.0 Å². The number of amides is 1. The van der Waals surface area contributed by atoms with Crippen molar-refractivity contribution in [3.8, 4) is 0 Å². The van der Waals surface area contributed by atoms with Gasteiger partial charge in [0.1, 0.15) is 0 Å². The van der Waals surface area contributed by atoms with Crippen molar-refractivity contribution in [2.45, 2.75) is 39.2 Å². The number of hydrogen-bond acceptors (Lipinski definition) is 2. The standard InChI is InChI=1S/C11H20N2O/c1-9(11(12)14)8-10(2)13-6-4-3-5-7-13/h8,10H,3-7H2,1-2H3,(H2,12,14). The van der Waals surface area contributed by atoms with Gasteiger partial charge >= 0.3 is 0 Å². The second-order valence-electron chi connectivity index (χ2n) is 4.05. The second-order valence-corrected chi connectivity index (χ2v) is 4.05. The lowest BCUT2D eigenvalue weighted by Crippen LogP contribution is -2.36. The summed E-state index contributed by atoms with van der Waals surface area (Å²) >= 11 is 0. The Balaban J connectivity index is 2.51. The van der Waals surface area contributed by atoms with Gasteiger partial charge in [-0.3, -0.25) is 9.69 Å². The van der Waals surface area contributed by atoms with Crippen LogP contribution in [0.1, 0.15) is 33.1 Å². The highest BCUT2D eigenvalue weighted by Gasteiger charge is 2.15. The van der Waals surface area contributed by atoms with Gasteiger partial charge < -0.3 is 5.73 Å². The van der Waals surface area contributed by atoms with E-state index >= 15 is 0 Å². The molecule has 1 atom stereocenters. The van der Waals surface area contributed by atoms with E-state index in [1.807, 2.05) is 6.08 Å². The number of hydrogen-bond donors (Lipinski definition) is 1. The molecule has 1 heterocycles. The van der Waals surface area contributed by atoms with Gasteiger partial charge in [-0.2, -0.15) is 0 Å². The summed E-state index contributed by atoms with van der Waals surface area (Å²) in [7, 11) is 0. The molecule has 0 aromatic rings. The van der Waals surface area contributed by atoms with Gasteiger partial charge in [0.25, 0.3) is 0 Å². The van der Waals surface area contributed by atoms with E-state index in [1.54, 1.807) is 6.92 Å². The summed E-state index contributed by atoms with van der Waals surface area (Å²) in [6.45, 7) is 6.19. The van der Waals surface area contributed by atoms with Crippen LogP contribution in [0.4, 0.5) is 0 Å². The molecular weight excluding hydrogens is 176 g/mol. The highest BCUT2D eigenvalue weighted by Crippen LogP contribution is 2.13. The third-order valence-corrected chi connectivity index (χ3v) is 2.85. The maximum Gasteiger partial charge on any atom is 0.244 e. The van der Waals surface area contributed by atoms with Crippen LogP contribution in [-0.2, 0) is 4.79 Å². The average molecular weight is 196 g/mol. The smallest absolute Gasteiger partial charge is 0.244 e. The zero-order valence-corrected chi connectivity index (χ0v) is 9.12. The van der Waals surface area contributed by atoms with Gasteiger partial charge in [0.15, 0.2) is 0 Å². The first kappa shape index (κ1) is 11.2. The van der Waals surface area contributed by atoms with Crippen molar-refractivity contribution in [3.63, 3.8) is 0 Å². The highest BCUT2D eigenvalue weighted by molar-refractivity contribution is 5.91. The molecular formula is C11H20N2O. The first-order chi connectivity index (χ1) is 6.61. The van der Waals surface area contributed by atoms with Gasteiger partial charge in [-0.05, 0) is 39.8 Å². The van der Waals surface area contributed by atoms with Crippen LogP contribution < -0.4 is 5.73 Å². The maximum atomic E-state index is 10.9. The fourth-order valence-electron chi connectivity index (χ4n) is 1.87. The highest BCUT2D eigenvalue weighted by atomic mass is 16.1. The monoisotopic (exact) mass is 196 g/mol. The Hall–Kier alpha value is -0.830. The van der Waals surface area contributed by atoms with Crippen molar-refractivity contribution < 1.29 is 4.79 Å². The van der Waals surface area contributed by atoms with E-state index in [0.29, 0.717) is 11.6 Å². The van der Waals surface area contributed by atoms with Gasteiger partial charge in [0.05, 0.1) is 0 Å². The van der Waals surface area contributed by atoms with Crippen LogP contribution in [0.2, 0.25) is 0 Å². The predicted octanol–water partition coefficient (Wildman–Crippen LogP) is 1.29. The summed E-state index contributed by atoms with van der Waals surface area (Å²) < 4.78 is 0. The molecule has 0 spiro atoms. The minimum Gasteiger partial charge on any atom is -0.366 e. The van der Waals surface area contributed by atoms with Crippen LogP contribution in [0, 0.1) is 0 Å². The Morgan fingerprint density at radius 2 is 1.93 bits per heavy atom. The fraction of sp³-hybridized carbons (Fsp3) is 0.727. The quantitative estimate of drug-likeness (QED) is 0.691. The summed E-state index contributed by atoms with van der Waals surface area (Å²) in [5, 5.41) is 0. The van der Waals surface area contributed by atoms with Crippen LogP contribution in [0.15, 0.2) is 11.6 Å². The van der Waals surface area contributed by atoms with Crippen LogP contribution in [0.5, 0.6) is 0 Å². The van der Waals surface area contributed by atoms with Gasteiger partial charge in [0.2, 0.25) is 5.91 Å². The molecule has 0 aromatic heterocycles. The summed E-state index contributed by atoms with van der Waals surface area (Å²) in [5.41, 5.74) is 5.86. The molecule has 0 aliphatic carbocycles. The Morgan fingerprint density at radius 3 is 2.43 bits per heavy atom. The third kappa shape index (κ3) is 3.14. The van der Waals surface area contributed by atoms with E-state index in [-0.39, 0.29) is 5.91 Å². The number of carbonyl (C=O) groups excluding carboxylic acids is 1. The van der Waals surface area contributed by atoms with Crippen LogP contribution in [-0.4, -0.2) is 29.9 Å². The first-order valence-electron chi connectivity index (χ1n) is 5.33. The van der Waals surface area contributed by atoms with E-state index in [4.69, 9.17) is 5.73 Å². The van der Waals surface area contributed by atoms with Gasteiger partial charge in [-0.1, -0.05) is 12.5 Å². The van der Waals surface area contributed by atoms with Crippen LogP contribution in [0.25, 0.3) is 0 Å². The normalized spacial score (nSPS) is 22.0. The van der Waals surface area contributed by atoms with Crippen molar-refractivity contribution >= 4 is 5.91 Å². The molecule has 0 bridgehead atoms. The number of likely N-dealkylation sites (tertiary alicyclic amines) is 1. The second kappa shape index (κ2) is 5.15. The van der Waals surface area contributed by atoms with E-state index < -0.39 is 0 Å². The summed E-state index contributed by atoms with van der Waals surface area (Å²) in [5.74, 6) is -0.311. The van der Waals surface area contributed by atoms with Crippen molar-refractivity contribution in [1.29, 1.82) is 0 Å². The zero-order valence-electron chi connectivity index (χ0n) is 9.12. The lowest BCUT2D eigenvalue weighted by molar-refractivity contribution is -0.114. The molecule has 1 rings (SSSR count). The average Bonchev–Trinajstić information content (AvgIpc) is 2.19. The Bertz CT molecular complexity index is 229. The molecule has 3 nitrogen and oxygen atoms in total. The van der Waals surface area contributed by atoms with Gasteiger partial charge in [0, 0.05) is 11.6 Å². The zero-order chi connectivity index (χ0) is 10.6. The fourth-order valence-corrected chi connectivity index (χ4v) is 1.87. The summed E-state index contributed by atoms with van der Waals surface area (Å²) in [6.07, 6.45) is 5.84. The number of nitrogens with zero attached hydrogens (tertiary/aromatic N) is 1. The van der Waals surface area contributed by atoms with Crippen molar-refractivity contribution in [2.75, 3.05) is 13.1 Å². The predicted molar refractivity (Wildman–Crippen MR) is 57.8 cm³/mol. The lowest BCUT2D eigenvalue weighted by Gasteiger charge is -2.30. The van der Waals surface area contributed by atoms with Gasteiger partial charge in [-0.15, -0.1) is 0 Å². The molecule has 1 saturated heterocycles. The minimum atomic E-state index is -0.311. The molecule has 1 unspecified atom stereocenters. The molecule has 80 valence electrons. The Morgan fingerprint density at radius 1 is 1.36 bits per heavy atom. The number of rotatable bonds is 3. The molecule has 3 heteroatoms. The molecule has 2 N–H and O–H groups in total. The molecule has 0 radical (unpaired) electrons. The number of piperidine rings is 1. The number of nitrogens with two attached hydrogens (primary N) is 1. The lowest BCUT2D eigenvalue weighted by atomic mass is 10.1. The number of primary amides is 1. The molecule has 0 aromatic carbocycles. The Kier molecular flexibility index (Phi) is 4.14. The molecule has 1 fully saturated rings. The van der Waals surface area contributed by atoms with E-state index in [2.05, 4.69) is 11.8 Å². The molecule has 14 heavy (non-hydrogen) atoms. The van der Waals surface area contributed by atoms with Gasteiger partial charge in [-0.25, -0.2) is 0 Å². The number of carbonyl (C=O) groups is 1. The molecule has 1 aliphatic heterocycles. The first-order valence-corrected chi connectivity index (χ1v) is 5.33. The molecule has 1 aliphatic rings. The maximum absolute atomic E-state index is 10.9. The molecule has 0 saturated carbocycles.